The largest absolute Gasteiger partial charge is 0.393 e. The summed E-state index contributed by atoms with van der Waals surface area (Å²) in [6, 6.07) is -0.431. The minimum Gasteiger partial charge on any atom is -0.381 e. The summed E-state index contributed by atoms with van der Waals surface area (Å²) in [7, 11) is 0. The first kappa shape index (κ1) is 30.1. The van der Waals surface area contributed by atoms with E-state index in [1.54, 1.807) is 6.20 Å². The lowest BCUT2D eigenvalue weighted by Crippen LogP contribution is -2.47. The third-order valence-electron chi connectivity index (χ3n) is 10.4. The van der Waals surface area contributed by atoms with Crippen LogP contribution in [0.25, 0.3) is 5.78 Å². The summed E-state index contributed by atoms with van der Waals surface area (Å²) < 4.78 is 52.7. The molecule has 45 heavy (non-hydrogen) atoms. The number of amides is 2. The molecule has 2 aliphatic carbocycles. The summed E-state index contributed by atoms with van der Waals surface area (Å²) in [6.07, 6.45) is 3.25. The van der Waals surface area contributed by atoms with Gasteiger partial charge in [0, 0.05) is 38.0 Å². The van der Waals surface area contributed by atoms with Gasteiger partial charge in [0.05, 0.1) is 35.2 Å². The molecule has 6 atom stereocenters. The van der Waals surface area contributed by atoms with Crippen molar-refractivity contribution in [3.63, 3.8) is 0 Å². The SMILES string of the molecule is CCc1nonc1C(=O)N[C@H](c1cn2nc(C[C@H]3C[C@@H](C(F)(F)F)CNC3=O)c(C3CCOCC3)nc2n1)C1C[C@H]2CC[C@H]2C1. The van der Waals surface area contributed by atoms with Crippen molar-refractivity contribution in [2.45, 2.75) is 82.8 Å². The smallest absolute Gasteiger partial charge is 0.381 e. The van der Waals surface area contributed by atoms with E-state index in [9.17, 15) is 22.8 Å². The first-order valence-corrected chi connectivity index (χ1v) is 16.0. The van der Waals surface area contributed by atoms with Gasteiger partial charge in [0.15, 0.2) is 5.69 Å². The molecule has 0 radical (unpaired) electrons. The van der Waals surface area contributed by atoms with Crippen LogP contribution in [-0.2, 0) is 22.4 Å². The highest BCUT2D eigenvalue weighted by atomic mass is 19.4. The van der Waals surface area contributed by atoms with E-state index in [0.717, 1.165) is 12.8 Å². The molecule has 0 aromatic carbocycles. The van der Waals surface area contributed by atoms with Crippen molar-refractivity contribution in [1.82, 2.24) is 40.5 Å². The van der Waals surface area contributed by atoms with Gasteiger partial charge in [-0.05, 0) is 74.3 Å². The van der Waals surface area contributed by atoms with E-state index in [1.807, 2.05) is 6.92 Å². The molecule has 7 rings (SSSR count). The van der Waals surface area contributed by atoms with Gasteiger partial charge in [-0.3, -0.25) is 9.59 Å². The number of rotatable bonds is 8. The summed E-state index contributed by atoms with van der Waals surface area (Å²) in [5, 5.41) is 18.1. The molecule has 15 heteroatoms. The monoisotopic (exact) mass is 630 g/mol. The molecule has 3 aromatic rings. The van der Waals surface area contributed by atoms with Crippen LogP contribution in [0.15, 0.2) is 10.8 Å². The third-order valence-corrected chi connectivity index (χ3v) is 10.4. The fraction of sp³-hybridized carbons (Fsp3) is 0.700. The molecule has 2 saturated carbocycles. The van der Waals surface area contributed by atoms with Gasteiger partial charge in [-0.1, -0.05) is 12.1 Å². The van der Waals surface area contributed by atoms with Crippen molar-refractivity contribution in [3.8, 4) is 0 Å². The van der Waals surface area contributed by atoms with Gasteiger partial charge >= 0.3 is 6.18 Å². The summed E-state index contributed by atoms with van der Waals surface area (Å²) >= 11 is 0. The summed E-state index contributed by atoms with van der Waals surface area (Å²) in [5.41, 5.74) is 2.36. The maximum absolute atomic E-state index is 13.6. The van der Waals surface area contributed by atoms with Crippen LogP contribution >= 0.6 is 0 Å². The van der Waals surface area contributed by atoms with Crippen molar-refractivity contribution < 1.29 is 32.1 Å². The molecule has 1 unspecified atom stereocenters. The highest BCUT2D eigenvalue weighted by Crippen LogP contribution is 2.52. The van der Waals surface area contributed by atoms with E-state index in [-0.39, 0.29) is 36.3 Å². The Morgan fingerprint density at radius 1 is 1.09 bits per heavy atom. The number of imidazole rings is 1. The zero-order chi connectivity index (χ0) is 31.3. The van der Waals surface area contributed by atoms with Crippen LogP contribution in [0.4, 0.5) is 13.2 Å². The Morgan fingerprint density at radius 3 is 2.53 bits per heavy atom. The van der Waals surface area contributed by atoms with E-state index in [1.165, 1.54) is 17.4 Å². The first-order chi connectivity index (χ1) is 21.7. The van der Waals surface area contributed by atoms with Crippen LogP contribution in [0.3, 0.4) is 0 Å². The van der Waals surface area contributed by atoms with Crippen molar-refractivity contribution in [1.29, 1.82) is 0 Å². The molecular formula is C30H37F3N8O4. The van der Waals surface area contributed by atoms with Crippen molar-refractivity contribution in [3.05, 3.63) is 34.7 Å². The number of alkyl halides is 3. The number of aryl methyl sites for hydroxylation is 1. The van der Waals surface area contributed by atoms with E-state index in [2.05, 4.69) is 20.9 Å². The number of halogens is 3. The van der Waals surface area contributed by atoms with Crippen LogP contribution in [0.5, 0.6) is 0 Å². The second kappa shape index (κ2) is 12.0. The van der Waals surface area contributed by atoms with Gasteiger partial charge in [0.2, 0.25) is 5.91 Å². The Kier molecular flexibility index (Phi) is 7.98. The zero-order valence-corrected chi connectivity index (χ0v) is 25.1. The fourth-order valence-corrected chi connectivity index (χ4v) is 7.69. The van der Waals surface area contributed by atoms with E-state index in [0.29, 0.717) is 72.9 Å². The van der Waals surface area contributed by atoms with Gasteiger partial charge in [-0.25, -0.2) is 19.1 Å². The quantitative estimate of drug-likeness (QED) is 0.380. The van der Waals surface area contributed by atoms with Crippen molar-refractivity contribution in [2.24, 2.45) is 29.6 Å². The number of fused-ring (bicyclic) bond motifs is 2. The predicted octanol–water partition coefficient (Wildman–Crippen LogP) is 3.73. The van der Waals surface area contributed by atoms with Crippen molar-refractivity contribution >= 4 is 17.6 Å². The number of carbonyl (C=O) groups excluding carboxylic acids is 2. The molecule has 242 valence electrons. The Morgan fingerprint density at radius 2 is 1.84 bits per heavy atom. The van der Waals surface area contributed by atoms with Gasteiger partial charge in [0.1, 0.15) is 5.69 Å². The molecule has 2 aliphatic heterocycles. The van der Waals surface area contributed by atoms with Crippen LogP contribution in [0.1, 0.15) is 97.1 Å². The Labute approximate surface area is 257 Å². The number of piperidine rings is 1. The van der Waals surface area contributed by atoms with Crippen LogP contribution in [0.2, 0.25) is 0 Å². The highest BCUT2D eigenvalue weighted by molar-refractivity contribution is 5.93. The molecule has 0 bridgehead atoms. The number of nitrogens with zero attached hydrogens (tertiary/aromatic N) is 6. The number of carbonyl (C=O) groups is 2. The van der Waals surface area contributed by atoms with Gasteiger partial charge in [-0.2, -0.15) is 18.3 Å². The molecular weight excluding hydrogens is 593 g/mol. The lowest BCUT2D eigenvalue weighted by atomic mass is 9.77. The van der Waals surface area contributed by atoms with E-state index in [4.69, 9.17) is 24.4 Å². The average Bonchev–Trinajstić information content (AvgIpc) is 3.73. The molecule has 5 heterocycles. The lowest BCUT2D eigenvalue weighted by Gasteiger charge is -2.31. The number of hydrogen-bond acceptors (Lipinski definition) is 9. The number of nitrogens with one attached hydrogen (secondary N) is 2. The minimum atomic E-state index is -4.40. The molecule has 2 amide bonds. The summed E-state index contributed by atoms with van der Waals surface area (Å²) in [5.74, 6) is -1.55. The van der Waals surface area contributed by atoms with Crippen molar-refractivity contribution in [2.75, 3.05) is 19.8 Å². The lowest BCUT2D eigenvalue weighted by molar-refractivity contribution is -0.183. The highest BCUT2D eigenvalue weighted by Gasteiger charge is 2.46. The van der Waals surface area contributed by atoms with Gasteiger partial charge < -0.3 is 15.4 Å². The van der Waals surface area contributed by atoms with Crippen LogP contribution in [-0.4, -0.2) is 67.6 Å². The molecule has 2 saturated heterocycles. The molecule has 3 aromatic heterocycles. The summed E-state index contributed by atoms with van der Waals surface area (Å²) in [6.45, 7) is 2.52. The Hall–Kier alpha value is -3.62. The van der Waals surface area contributed by atoms with Gasteiger partial charge in [-0.15, -0.1) is 0 Å². The topological polar surface area (TPSA) is 149 Å². The molecule has 2 N–H and O–H groups in total. The predicted molar refractivity (Wildman–Crippen MR) is 151 cm³/mol. The van der Waals surface area contributed by atoms with Crippen LogP contribution in [0, 0.1) is 29.6 Å². The molecule has 0 spiro atoms. The maximum atomic E-state index is 13.6. The molecule has 4 aliphatic rings. The second-order valence-corrected chi connectivity index (χ2v) is 13.1. The standard InChI is InChI=1S/C30H37F3N8O4/c1-2-21-26(40-45-39-21)28(43)36-25(18-9-16-3-4-17(16)10-18)23-14-41-29(35-23)37-24(15-5-7-44-8-6-15)22(38-41)12-19-11-20(30(31,32)33)13-34-27(19)42/h14-20,25H,2-13H2,1H3,(H,34,42)(H,36,43)/t16-,17+,18?,19-,20-,25+/m1/s1. The van der Waals surface area contributed by atoms with E-state index >= 15 is 0 Å². The third kappa shape index (κ3) is 5.90. The normalized spacial score (nSPS) is 28.0. The fourth-order valence-electron chi connectivity index (χ4n) is 7.69. The van der Waals surface area contributed by atoms with Gasteiger partial charge in [0.25, 0.3) is 11.7 Å². The zero-order valence-electron chi connectivity index (χ0n) is 25.1. The molecule has 12 nitrogen and oxygen atoms in total. The Balaban J connectivity index is 1.23. The Bertz CT molecular complexity index is 1560. The maximum Gasteiger partial charge on any atom is 0.393 e. The average molecular weight is 631 g/mol. The van der Waals surface area contributed by atoms with E-state index < -0.39 is 36.5 Å². The first-order valence-electron chi connectivity index (χ1n) is 16.0. The molecule has 4 fully saturated rings. The number of ether oxygens (including phenoxy) is 1. The summed E-state index contributed by atoms with van der Waals surface area (Å²) in [4.78, 5) is 35.9. The minimum absolute atomic E-state index is 0.0236. The number of aromatic nitrogens is 6. The number of hydrogen-bond donors (Lipinski definition) is 2. The second-order valence-electron chi connectivity index (χ2n) is 13.1. The van der Waals surface area contributed by atoms with Crippen LogP contribution < -0.4 is 10.6 Å².